The van der Waals surface area contributed by atoms with Gasteiger partial charge < -0.3 is 9.73 Å². The Morgan fingerprint density at radius 1 is 1.17 bits per heavy atom. The number of nitrogens with zero attached hydrogens (tertiary/aromatic N) is 1. The molecule has 0 saturated carbocycles. The summed E-state index contributed by atoms with van der Waals surface area (Å²) in [5.41, 5.74) is 1.05. The molecule has 7 nitrogen and oxygen atoms in total. The highest BCUT2D eigenvalue weighted by Gasteiger charge is 2.20. The number of rotatable bonds is 6. The van der Waals surface area contributed by atoms with E-state index in [1.54, 1.807) is 10.8 Å². The lowest BCUT2D eigenvalue weighted by Crippen LogP contribution is -2.27. The molecule has 0 aliphatic rings. The van der Waals surface area contributed by atoms with Gasteiger partial charge in [-0.15, -0.1) is 0 Å². The maximum absolute atomic E-state index is 14.2. The zero-order valence-electron chi connectivity index (χ0n) is 16.4. The zero-order valence-corrected chi connectivity index (χ0v) is 17.2. The first-order valence-corrected chi connectivity index (χ1v) is 10.7. The van der Waals surface area contributed by atoms with E-state index < -0.39 is 39.3 Å². The van der Waals surface area contributed by atoms with E-state index in [0.717, 1.165) is 24.0 Å². The molecule has 0 fully saturated rings. The molecule has 0 bridgehead atoms. The van der Waals surface area contributed by atoms with Crippen LogP contribution in [0.5, 0.6) is 0 Å². The number of anilines is 1. The van der Waals surface area contributed by atoms with Gasteiger partial charge in [0.25, 0.3) is 5.91 Å². The molecule has 3 rings (SSSR count). The minimum Gasteiger partial charge on any atom is -0.444 e. The number of aryl methyl sites for hydroxylation is 1. The van der Waals surface area contributed by atoms with Crippen molar-refractivity contribution in [1.82, 2.24) is 10.3 Å². The summed E-state index contributed by atoms with van der Waals surface area (Å²) >= 11 is 0. The molecule has 0 aliphatic heterocycles. The molecule has 2 N–H and O–H groups in total. The van der Waals surface area contributed by atoms with Gasteiger partial charge in [0.1, 0.15) is 12.0 Å². The molecule has 0 radical (unpaired) electrons. The Labute approximate surface area is 172 Å². The first-order valence-electron chi connectivity index (χ1n) is 8.83. The minimum absolute atomic E-state index is 0.00895. The van der Waals surface area contributed by atoms with E-state index in [0.29, 0.717) is 5.56 Å². The predicted octanol–water partition coefficient (Wildman–Crippen LogP) is 3.79. The number of carbonyl (C=O) groups excluding carboxylic acids is 1. The van der Waals surface area contributed by atoms with Crippen LogP contribution in [0.25, 0.3) is 11.5 Å². The van der Waals surface area contributed by atoms with Crippen LogP contribution in [0.4, 0.5) is 14.5 Å². The van der Waals surface area contributed by atoms with Gasteiger partial charge in [0.15, 0.2) is 17.3 Å². The molecule has 0 aliphatic carbocycles. The van der Waals surface area contributed by atoms with E-state index in [-0.39, 0.29) is 17.1 Å². The van der Waals surface area contributed by atoms with E-state index in [9.17, 15) is 22.0 Å². The van der Waals surface area contributed by atoms with Gasteiger partial charge in [-0.3, -0.25) is 9.52 Å². The second-order valence-corrected chi connectivity index (χ2v) is 8.58. The molecule has 1 heterocycles. The van der Waals surface area contributed by atoms with E-state index in [4.69, 9.17) is 4.42 Å². The first-order chi connectivity index (χ1) is 14.0. The van der Waals surface area contributed by atoms with Gasteiger partial charge in [-0.2, -0.15) is 0 Å². The summed E-state index contributed by atoms with van der Waals surface area (Å²) in [5, 5.41) is 2.58. The van der Waals surface area contributed by atoms with Crippen LogP contribution in [0.3, 0.4) is 0 Å². The lowest BCUT2D eigenvalue weighted by atomic mass is 10.1. The van der Waals surface area contributed by atoms with E-state index in [1.807, 2.05) is 25.1 Å². The highest BCUT2D eigenvalue weighted by Crippen LogP contribution is 2.25. The Balaban J connectivity index is 1.76. The Morgan fingerprint density at radius 2 is 1.83 bits per heavy atom. The number of oxazole rings is 1. The van der Waals surface area contributed by atoms with Gasteiger partial charge >= 0.3 is 0 Å². The maximum atomic E-state index is 14.2. The van der Waals surface area contributed by atoms with E-state index in [1.165, 1.54) is 13.2 Å². The first kappa shape index (κ1) is 21.4. The van der Waals surface area contributed by atoms with Crippen molar-refractivity contribution in [2.45, 2.75) is 19.9 Å². The molecule has 0 unspecified atom stereocenters. The largest absolute Gasteiger partial charge is 0.444 e. The average Bonchev–Trinajstić information content (AvgIpc) is 3.14. The van der Waals surface area contributed by atoms with Crippen molar-refractivity contribution >= 4 is 21.6 Å². The summed E-state index contributed by atoms with van der Waals surface area (Å²) in [4.78, 5) is 16.6. The quantitative estimate of drug-likeness (QED) is 0.614. The lowest BCUT2D eigenvalue weighted by molar-refractivity contribution is 0.0934. The molecular weight excluding hydrogens is 416 g/mol. The third kappa shape index (κ3) is 5.01. The fourth-order valence-corrected chi connectivity index (χ4v) is 3.33. The summed E-state index contributed by atoms with van der Waals surface area (Å²) in [6, 6.07) is 8.51. The third-order valence-electron chi connectivity index (χ3n) is 4.20. The molecule has 1 atom stereocenters. The van der Waals surface area contributed by atoms with Crippen molar-refractivity contribution in [2.75, 3.05) is 11.0 Å². The van der Waals surface area contributed by atoms with Crippen LogP contribution in [-0.2, 0) is 10.0 Å². The van der Waals surface area contributed by atoms with Crippen LogP contribution in [0.2, 0.25) is 0 Å². The number of halogens is 2. The van der Waals surface area contributed by atoms with Crippen molar-refractivity contribution < 1.29 is 26.4 Å². The normalized spacial score (nSPS) is 12.4. The Bertz CT molecular complexity index is 1190. The van der Waals surface area contributed by atoms with Crippen molar-refractivity contribution in [3.63, 3.8) is 0 Å². The maximum Gasteiger partial charge on any atom is 0.273 e. The van der Waals surface area contributed by atoms with Crippen LogP contribution in [-0.4, -0.2) is 25.6 Å². The van der Waals surface area contributed by atoms with Crippen LogP contribution in [0.15, 0.2) is 47.1 Å². The smallest absolute Gasteiger partial charge is 0.273 e. The van der Waals surface area contributed by atoms with E-state index in [2.05, 4.69) is 10.3 Å². The third-order valence-corrected chi connectivity index (χ3v) is 4.78. The van der Waals surface area contributed by atoms with Gasteiger partial charge in [0.05, 0.1) is 12.3 Å². The molecule has 2 aromatic carbocycles. The molecule has 10 heteroatoms. The van der Waals surface area contributed by atoms with Crippen molar-refractivity contribution in [2.24, 2.45) is 0 Å². The number of carbonyl (C=O) groups is 1. The van der Waals surface area contributed by atoms with Crippen LogP contribution in [0, 0.1) is 18.6 Å². The molecular formula is C20H19F2N3O4S. The Hall–Kier alpha value is -3.27. The second-order valence-electron chi connectivity index (χ2n) is 6.84. The van der Waals surface area contributed by atoms with Gasteiger partial charge in [-0.1, -0.05) is 17.7 Å². The highest BCUT2D eigenvalue weighted by atomic mass is 32.2. The second kappa shape index (κ2) is 8.23. The summed E-state index contributed by atoms with van der Waals surface area (Å²) in [7, 11) is -3.85. The molecule has 30 heavy (non-hydrogen) atoms. The summed E-state index contributed by atoms with van der Waals surface area (Å²) in [6.45, 7) is 3.44. The van der Waals surface area contributed by atoms with Crippen molar-refractivity contribution in [1.29, 1.82) is 0 Å². The molecule has 0 spiro atoms. The van der Waals surface area contributed by atoms with Crippen LogP contribution >= 0.6 is 0 Å². The predicted molar refractivity (Wildman–Crippen MR) is 107 cm³/mol. The van der Waals surface area contributed by atoms with Gasteiger partial charge in [-0.05, 0) is 43.7 Å². The number of hydrogen-bond acceptors (Lipinski definition) is 5. The molecule has 158 valence electrons. The topological polar surface area (TPSA) is 101 Å². The van der Waals surface area contributed by atoms with Gasteiger partial charge in [0, 0.05) is 5.56 Å². The fraction of sp³-hybridized carbons (Fsp3) is 0.200. The number of benzene rings is 2. The molecule has 1 aromatic heterocycles. The lowest BCUT2D eigenvalue weighted by Gasteiger charge is -2.15. The summed E-state index contributed by atoms with van der Waals surface area (Å²) in [6.07, 6.45) is 1.98. The number of nitrogens with one attached hydrogen (secondary N) is 2. The highest BCUT2D eigenvalue weighted by molar-refractivity contribution is 7.92. The minimum atomic E-state index is -3.85. The Morgan fingerprint density at radius 3 is 2.43 bits per heavy atom. The number of aromatic nitrogens is 1. The van der Waals surface area contributed by atoms with Gasteiger partial charge in [0.2, 0.25) is 15.9 Å². The number of sulfonamides is 1. The fourth-order valence-electron chi connectivity index (χ4n) is 2.77. The number of hydrogen-bond donors (Lipinski definition) is 2. The standard InChI is InChI=1S/C20H19F2N3O4S/c1-11-5-4-6-13(7-11)20-24-17(10-29-20)19(26)23-12(2)14-8-15(21)18(16(22)9-14)25-30(3,27)28/h4-10,12,25H,1-3H3,(H,23,26)/t12-/m1/s1. The average molecular weight is 435 g/mol. The Kier molecular flexibility index (Phi) is 5.88. The zero-order chi connectivity index (χ0) is 22.1. The van der Waals surface area contributed by atoms with E-state index >= 15 is 0 Å². The van der Waals surface area contributed by atoms with Crippen molar-refractivity contribution in [3.8, 4) is 11.5 Å². The molecule has 3 aromatic rings. The number of amides is 1. The monoisotopic (exact) mass is 435 g/mol. The summed E-state index contributed by atoms with van der Waals surface area (Å²) < 4.78 is 58.0. The molecule has 0 saturated heterocycles. The SMILES string of the molecule is Cc1cccc(-c2nc(C(=O)N[C@H](C)c3cc(F)c(NS(C)(=O)=O)c(F)c3)co2)c1. The van der Waals surface area contributed by atoms with Crippen molar-refractivity contribution in [3.05, 3.63) is 71.1 Å². The molecule has 1 amide bonds. The summed E-state index contributed by atoms with van der Waals surface area (Å²) in [5.74, 6) is -2.52. The van der Waals surface area contributed by atoms with Gasteiger partial charge in [-0.25, -0.2) is 22.2 Å². The van der Waals surface area contributed by atoms with Crippen LogP contribution in [0.1, 0.15) is 34.6 Å². The van der Waals surface area contributed by atoms with Crippen LogP contribution < -0.4 is 10.0 Å².